The lowest BCUT2D eigenvalue weighted by Gasteiger charge is -2.40. The van der Waals surface area contributed by atoms with Gasteiger partial charge in [0.05, 0.1) is 7.11 Å². The van der Waals surface area contributed by atoms with E-state index >= 15 is 0 Å². The molecule has 0 bridgehead atoms. The van der Waals surface area contributed by atoms with Gasteiger partial charge in [0.25, 0.3) is 0 Å². The quantitative estimate of drug-likeness (QED) is 0.831. The molecule has 0 saturated carbocycles. The second-order valence-electron chi connectivity index (χ2n) is 6.37. The van der Waals surface area contributed by atoms with Crippen molar-refractivity contribution < 1.29 is 14.3 Å². The predicted octanol–water partition coefficient (Wildman–Crippen LogP) is 1.93. The lowest BCUT2D eigenvalue weighted by atomic mass is 10.2. The fourth-order valence-corrected chi connectivity index (χ4v) is 2.33. The molecule has 7 nitrogen and oxygen atoms in total. The molecule has 1 aromatic heterocycles. The molecular weight excluding hydrogens is 284 g/mol. The highest BCUT2D eigenvalue weighted by atomic mass is 16.6. The average Bonchev–Trinajstić information content (AvgIpc) is 2.45. The van der Waals surface area contributed by atoms with Gasteiger partial charge in [0.15, 0.2) is 0 Å². The van der Waals surface area contributed by atoms with Crippen molar-refractivity contribution in [2.45, 2.75) is 39.3 Å². The molecule has 2 heterocycles. The predicted molar refractivity (Wildman–Crippen MR) is 83.2 cm³/mol. The third kappa shape index (κ3) is 3.99. The summed E-state index contributed by atoms with van der Waals surface area (Å²) in [5.74, 6) is 1.16. The van der Waals surface area contributed by atoms with Gasteiger partial charge in [-0.25, -0.2) is 9.78 Å². The number of nitrogens with zero attached hydrogens (tertiary/aromatic N) is 4. The van der Waals surface area contributed by atoms with Crippen molar-refractivity contribution in [1.82, 2.24) is 14.9 Å². The molecule has 1 aliphatic heterocycles. The third-order valence-electron chi connectivity index (χ3n) is 3.36. The Kier molecular flexibility index (Phi) is 4.73. The summed E-state index contributed by atoms with van der Waals surface area (Å²) < 4.78 is 10.6. The van der Waals surface area contributed by atoms with Gasteiger partial charge < -0.3 is 19.3 Å². The highest BCUT2D eigenvalue weighted by Gasteiger charge is 2.31. The smallest absolute Gasteiger partial charge is 0.410 e. The van der Waals surface area contributed by atoms with Crippen LogP contribution in [0.25, 0.3) is 0 Å². The number of hydrogen-bond acceptors (Lipinski definition) is 6. The van der Waals surface area contributed by atoms with Gasteiger partial charge in [-0.15, -0.1) is 0 Å². The number of ether oxygens (including phenoxy) is 2. The first-order valence-corrected chi connectivity index (χ1v) is 7.42. The van der Waals surface area contributed by atoms with Gasteiger partial charge in [0.2, 0.25) is 11.8 Å². The van der Waals surface area contributed by atoms with Gasteiger partial charge in [0.1, 0.15) is 5.60 Å². The number of carbonyl (C=O) groups excluding carboxylic acids is 1. The molecule has 7 heteroatoms. The molecule has 1 aliphatic rings. The molecule has 1 saturated heterocycles. The fraction of sp³-hybridized carbons (Fsp3) is 0.667. The first-order chi connectivity index (χ1) is 10.3. The van der Waals surface area contributed by atoms with E-state index in [2.05, 4.69) is 14.9 Å². The lowest BCUT2D eigenvalue weighted by Crippen LogP contribution is -2.55. The summed E-state index contributed by atoms with van der Waals surface area (Å²) in [6.07, 6.45) is 1.40. The summed E-state index contributed by atoms with van der Waals surface area (Å²) in [5.41, 5.74) is -0.479. The highest BCUT2D eigenvalue weighted by Crippen LogP contribution is 2.20. The Labute approximate surface area is 131 Å². The Morgan fingerprint density at radius 1 is 1.36 bits per heavy atom. The number of rotatable bonds is 2. The van der Waals surface area contributed by atoms with Crippen molar-refractivity contribution in [2.75, 3.05) is 31.6 Å². The van der Waals surface area contributed by atoms with Gasteiger partial charge in [-0.2, -0.15) is 4.98 Å². The van der Waals surface area contributed by atoms with Crippen LogP contribution in [-0.4, -0.2) is 59.3 Å². The van der Waals surface area contributed by atoms with Crippen molar-refractivity contribution >= 4 is 12.0 Å². The third-order valence-corrected chi connectivity index (χ3v) is 3.36. The van der Waals surface area contributed by atoms with Crippen LogP contribution in [0.4, 0.5) is 10.7 Å². The summed E-state index contributed by atoms with van der Waals surface area (Å²) in [7, 11) is 1.58. The second kappa shape index (κ2) is 6.37. The molecule has 1 fully saturated rings. The van der Waals surface area contributed by atoms with Crippen molar-refractivity contribution in [3.05, 3.63) is 12.3 Å². The van der Waals surface area contributed by atoms with Crippen LogP contribution in [0.15, 0.2) is 12.3 Å². The zero-order valence-electron chi connectivity index (χ0n) is 13.9. The number of carbonyl (C=O) groups is 1. The molecular formula is C15H24N4O3. The van der Waals surface area contributed by atoms with E-state index in [-0.39, 0.29) is 12.1 Å². The molecule has 0 aromatic carbocycles. The number of methoxy groups -OCH3 is 1. The number of piperazine rings is 1. The van der Waals surface area contributed by atoms with Crippen LogP contribution in [0, 0.1) is 0 Å². The summed E-state index contributed by atoms with van der Waals surface area (Å²) in [5, 5.41) is 0. The number of amides is 1. The van der Waals surface area contributed by atoms with Crippen LogP contribution in [-0.2, 0) is 4.74 Å². The van der Waals surface area contributed by atoms with E-state index in [0.29, 0.717) is 31.5 Å². The Balaban J connectivity index is 2.02. The van der Waals surface area contributed by atoms with Gasteiger partial charge in [-0.05, 0) is 27.7 Å². The van der Waals surface area contributed by atoms with Crippen LogP contribution in [0.3, 0.4) is 0 Å². The zero-order valence-corrected chi connectivity index (χ0v) is 13.9. The van der Waals surface area contributed by atoms with Crippen LogP contribution in [0.1, 0.15) is 27.7 Å². The first-order valence-electron chi connectivity index (χ1n) is 7.42. The normalized spacial score (nSPS) is 19.0. The molecule has 0 aliphatic carbocycles. The van der Waals surface area contributed by atoms with E-state index in [1.807, 2.05) is 27.7 Å². The summed E-state index contributed by atoms with van der Waals surface area (Å²) >= 11 is 0. The molecule has 122 valence electrons. The molecule has 1 atom stereocenters. The van der Waals surface area contributed by atoms with Gasteiger partial charge in [-0.1, -0.05) is 0 Å². The minimum absolute atomic E-state index is 0.105. The Bertz CT molecular complexity index is 530. The second-order valence-corrected chi connectivity index (χ2v) is 6.37. The largest absolute Gasteiger partial charge is 0.481 e. The van der Waals surface area contributed by atoms with E-state index < -0.39 is 5.60 Å². The van der Waals surface area contributed by atoms with E-state index in [0.717, 1.165) is 0 Å². The summed E-state index contributed by atoms with van der Waals surface area (Å²) in [4.78, 5) is 24.6. The molecule has 2 rings (SSSR count). The monoisotopic (exact) mass is 308 g/mol. The van der Waals surface area contributed by atoms with Crippen molar-refractivity contribution in [3.8, 4) is 5.88 Å². The minimum Gasteiger partial charge on any atom is -0.481 e. The Morgan fingerprint density at radius 3 is 2.68 bits per heavy atom. The van der Waals surface area contributed by atoms with Crippen molar-refractivity contribution in [2.24, 2.45) is 0 Å². The Morgan fingerprint density at radius 2 is 2.09 bits per heavy atom. The van der Waals surface area contributed by atoms with Crippen LogP contribution >= 0.6 is 0 Å². The molecule has 0 spiro atoms. The fourth-order valence-electron chi connectivity index (χ4n) is 2.33. The van der Waals surface area contributed by atoms with E-state index in [9.17, 15) is 4.79 Å². The summed E-state index contributed by atoms with van der Waals surface area (Å²) in [6, 6.07) is 1.82. The maximum Gasteiger partial charge on any atom is 0.410 e. The molecule has 1 amide bonds. The highest BCUT2D eigenvalue weighted by molar-refractivity contribution is 5.68. The maximum absolute atomic E-state index is 12.1. The van der Waals surface area contributed by atoms with Crippen molar-refractivity contribution in [3.63, 3.8) is 0 Å². The van der Waals surface area contributed by atoms with Gasteiger partial charge in [-0.3, -0.25) is 0 Å². The SMILES string of the molecule is COc1ccnc(N2CCN(C(=O)OC(C)(C)C)CC2C)n1. The molecule has 1 aromatic rings. The average molecular weight is 308 g/mol. The van der Waals surface area contributed by atoms with Crippen LogP contribution in [0.2, 0.25) is 0 Å². The molecule has 0 radical (unpaired) electrons. The number of hydrogen-bond donors (Lipinski definition) is 0. The van der Waals surface area contributed by atoms with E-state index in [1.165, 1.54) is 0 Å². The zero-order chi connectivity index (χ0) is 16.3. The van der Waals surface area contributed by atoms with E-state index in [4.69, 9.17) is 9.47 Å². The number of anilines is 1. The molecule has 0 N–H and O–H groups in total. The van der Waals surface area contributed by atoms with Gasteiger partial charge >= 0.3 is 6.09 Å². The first kappa shape index (κ1) is 16.3. The minimum atomic E-state index is -0.479. The van der Waals surface area contributed by atoms with Crippen LogP contribution in [0.5, 0.6) is 5.88 Å². The van der Waals surface area contributed by atoms with Crippen molar-refractivity contribution in [1.29, 1.82) is 0 Å². The molecule has 1 unspecified atom stereocenters. The molecule has 22 heavy (non-hydrogen) atoms. The Hall–Kier alpha value is -2.05. The van der Waals surface area contributed by atoms with E-state index in [1.54, 1.807) is 24.3 Å². The standard InChI is InChI=1S/C15H24N4O3/c1-11-10-18(14(20)22-15(2,3)4)8-9-19(11)13-16-7-6-12(17-13)21-5/h6-7,11H,8-10H2,1-5H3. The maximum atomic E-state index is 12.1. The summed E-state index contributed by atoms with van der Waals surface area (Å²) in [6.45, 7) is 9.47. The lowest BCUT2D eigenvalue weighted by molar-refractivity contribution is 0.0218. The topological polar surface area (TPSA) is 67.8 Å². The van der Waals surface area contributed by atoms with Gasteiger partial charge in [0, 0.05) is 37.9 Å². The number of aromatic nitrogens is 2. The van der Waals surface area contributed by atoms with Crippen LogP contribution < -0.4 is 9.64 Å².